The lowest BCUT2D eigenvalue weighted by atomic mass is 10.2. The summed E-state index contributed by atoms with van der Waals surface area (Å²) in [5, 5.41) is 2.42. The molecule has 0 saturated heterocycles. The lowest BCUT2D eigenvalue weighted by molar-refractivity contribution is -0.144. The van der Waals surface area contributed by atoms with E-state index in [9.17, 15) is 18.0 Å². The lowest BCUT2D eigenvalue weighted by Crippen LogP contribution is -2.36. The van der Waals surface area contributed by atoms with Gasteiger partial charge in [0.2, 0.25) is 5.91 Å². The number of hydrogen-bond donors (Lipinski definition) is 1. The fraction of sp³-hybridized carbons (Fsp3) is 0.875. The van der Waals surface area contributed by atoms with Crippen LogP contribution in [-0.4, -0.2) is 24.0 Å². The van der Waals surface area contributed by atoms with Crippen molar-refractivity contribution in [2.45, 2.75) is 38.4 Å². The van der Waals surface area contributed by atoms with Crippen molar-refractivity contribution in [3.8, 4) is 0 Å². The van der Waals surface area contributed by atoms with E-state index in [-0.39, 0.29) is 11.9 Å². The summed E-state index contributed by atoms with van der Waals surface area (Å²) in [7, 11) is 0. The molecule has 0 radical (unpaired) electrons. The van der Waals surface area contributed by atoms with Crippen molar-refractivity contribution in [3.63, 3.8) is 0 Å². The van der Waals surface area contributed by atoms with Gasteiger partial charge in [-0.05, 0) is 6.42 Å². The normalized spacial score (nSPS) is 13.8. The largest absolute Gasteiger partial charge is 0.389 e. The summed E-state index contributed by atoms with van der Waals surface area (Å²) in [5.41, 5.74) is 0. The molecule has 84 valence electrons. The topological polar surface area (TPSA) is 29.1 Å². The fourth-order valence-corrected chi connectivity index (χ4v) is 1.10. The predicted molar refractivity (Wildman–Crippen MR) is 48.2 cm³/mol. The van der Waals surface area contributed by atoms with Crippen molar-refractivity contribution in [3.05, 3.63) is 0 Å². The summed E-state index contributed by atoms with van der Waals surface area (Å²) in [6.45, 7) is 1.80. The molecule has 0 aromatic rings. The summed E-state index contributed by atoms with van der Waals surface area (Å²) >= 11 is 5.46. The Labute approximate surface area is 85.8 Å². The average molecular weight is 232 g/mol. The van der Waals surface area contributed by atoms with Crippen LogP contribution in [0.15, 0.2) is 0 Å². The predicted octanol–water partition coefficient (Wildman–Crippen LogP) is 2.46. The smallest absolute Gasteiger partial charge is 0.352 e. The summed E-state index contributed by atoms with van der Waals surface area (Å²) in [5.74, 6) is -0.385. The fourth-order valence-electron chi connectivity index (χ4n) is 0.805. The molecule has 0 aliphatic rings. The molecule has 0 aromatic carbocycles. The molecule has 0 bridgehead atoms. The van der Waals surface area contributed by atoms with E-state index in [0.717, 1.165) is 0 Å². The molecular weight excluding hydrogens is 219 g/mol. The Kier molecular flexibility index (Phi) is 5.92. The minimum atomic E-state index is -4.28. The zero-order valence-electron chi connectivity index (χ0n) is 7.83. The first-order valence-corrected chi connectivity index (χ1v) is 4.84. The zero-order chi connectivity index (χ0) is 11.2. The van der Waals surface area contributed by atoms with Crippen LogP contribution in [0.5, 0.6) is 0 Å². The van der Waals surface area contributed by atoms with Crippen molar-refractivity contribution in [1.29, 1.82) is 0 Å². The number of carbonyl (C=O) groups excluding carboxylic acids is 1. The van der Waals surface area contributed by atoms with Crippen LogP contribution in [0.25, 0.3) is 0 Å². The Bertz CT molecular complexity index is 180. The van der Waals surface area contributed by atoms with Gasteiger partial charge in [-0.3, -0.25) is 4.79 Å². The van der Waals surface area contributed by atoms with Crippen LogP contribution in [0.3, 0.4) is 0 Å². The van der Waals surface area contributed by atoms with Crippen LogP contribution >= 0.6 is 11.6 Å². The quantitative estimate of drug-likeness (QED) is 0.724. The molecule has 0 aliphatic carbocycles. The second-order valence-corrected chi connectivity index (χ2v) is 3.25. The Morgan fingerprint density at radius 2 is 2.07 bits per heavy atom. The zero-order valence-corrected chi connectivity index (χ0v) is 8.58. The van der Waals surface area contributed by atoms with E-state index >= 15 is 0 Å². The van der Waals surface area contributed by atoms with Crippen LogP contribution < -0.4 is 5.32 Å². The molecule has 2 nitrogen and oxygen atoms in total. The van der Waals surface area contributed by atoms with Crippen LogP contribution in [0.4, 0.5) is 13.2 Å². The van der Waals surface area contributed by atoms with Crippen molar-refractivity contribution in [2.75, 3.05) is 5.88 Å². The molecule has 0 aliphatic heterocycles. The first-order chi connectivity index (χ1) is 6.39. The summed E-state index contributed by atoms with van der Waals surface area (Å²) in [6, 6.07) is -0.239. The minimum Gasteiger partial charge on any atom is -0.352 e. The molecule has 0 heterocycles. The van der Waals surface area contributed by atoms with Gasteiger partial charge in [-0.2, -0.15) is 13.2 Å². The maximum Gasteiger partial charge on any atom is 0.389 e. The number of amides is 1. The molecule has 1 atom stereocenters. The summed E-state index contributed by atoms with van der Waals surface area (Å²) in [6.07, 6.45) is -5.28. The van der Waals surface area contributed by atoms with E-state index < -0.39 is 24.9 Å². The highest BCUT2D eigenvalue weighted by atomic mass is 35.5. The van der Waals surface area contributed by atoms with Crippen molar-refractivity contribution >= 4 is 17.5 Å². The Balaban J connectivity index is 3.75. The second kappa shape index (κ2) is 6.11. The van der Waals surface area contributed by atoms with Gasteiger partial charge < -0.3 is 5.32 Å². The van der Waals surface area contributed by atoms with E-state index in [1.807, 2.05) is 0 Å². The van der Waals surface area contributed by atoms with Crippen LogP contribution in [0.2, 0.25) is 0 Å². The maximum absolute atomic E-state index is 11.7. The molecule has 0 saturated carbocycles. The Morgan fingerprint density at radius 1 is 1.50 bits per heavy atom. The van der Waals surface area contributed by atoms with E-state index in [4.69, 9.17) is 11.6 Å². The van der Waals surface area contributed by atoms with Gasteiger partial charge in [0, 0.05) is 18.3 Å². The first kappa shape index (κ1) is 13.5. The number of alkyl halides is 4. The second-order valence-electron chi connectivity index (χ2n) is 2.94. The van der Waals surface area contributed by atoms with Crippen molar-refractivity contribution in [2.24, 2.45) is 0 Å². The highest BCUT2D eigenvalue weighted by Gasteiger charge is 2.28. The lowest BCUT2D eigenvalue weighted by Gasteiger charge is -2.14. The highest BCUT2D eigenvalue weighted by molar-refractivity contribution is 6.18. The molecule has 6 heteroatoms. The van der Waals surface area contributed by atoms with Gasteiger partial charge in [0.1, 0.15) is 0 Å². The van der Waals surface area contributed by atoms with E-state index in [0.29, 0.717) is 6.42 Å². The monoisotopic (exact) mass is 231 g/mol. The summed E-state index contributed by atoms with van der Waals surface area (Å²) in [4.78, 5) is 10.9. The maximum atomic E-state index is 11.7. The SMILES string of the molecule is CCC(CCl)NC(=O)CCC(F)(F)F. The van der Waals surface area contributed by atoms with Gasteiger partial charge in [-0.15, -0.1) is 11.6 Å². The molecule has 14 heavy (non-hydrogen) atoms. The van der Waals surface area contributed by atoms with Gasteiger partial charge in [-0.25, -0.2) is 0 Å². The third-order valence-corrected chi connectivity index (χ3v) is 2.05. The molecule has 0 fully saturated rings. The number of rotatable bonds is 5. The highest BCUT2D eigenvalue weighted by Crippen LogP contribution is 2.21. The Morgan fingerprint density at radius 3 is 2.43 bits per heavy atom. The molecular formula is C8H13ClF3NO. The van der Waals surface area contributed by atoms with Gasteiger partial charge in [0.05, 0.1) is 6.42 Å². The molecule has 0 rings (SSSR count). The van der Waals surface area contributed by atoms with Crippen molar-refractivity contribution < 1.29 is 18.0 Å². The standard InChI is InChI=1S/C8H13ClF3NO/c1-2-6(5-9)13-7(14)3-4-8(10,11)12/h6H,2-5H2,1H3,(H,13,14). The third kappa shape index (κ3) is 7.00. The molecule has 1 N–H and O–H groups in total. The van der Waals surface area contributed by atoms with Crippen LogP contribution in [0, 0.1) is 0 Å². The number of halogens is 4. The first-order valence-electron chi connectivity index (χ1n) is 4.31. The van der Waals surface area contributed by atoms with E-state index in [2.05, 4.69) is 5.32 Å². The van der Waals surface area contributed by atoms with Crippen LogP contribution in [0.1, 0.15) is 26.2 Å². The van der Waals surface area contributed by atoms with Crippen LogP contribution in [-0.2, 0) is 4.79 Å². The van der Waals surface area contributed by atoms with Gasteiger partial charge >= 0.3 is 6.18 Å². The summed E-state index contributed by atoms with van der Waals surface area (Å²) < 4.78 is 35.1. The van der Waals surface area contributed by atoms with Gasteiger partial charge in [0.15, 0.2) is 0 Å². The van der Waals surface area contributed by atoms with Gasteiger partial charge in [-0.1, -0.05) is 6.92 Å². The molecule has 0 aromatic heterocycles. The van der Waals surface area contributed by atoms with Gasteiger partial charge in [0.25, 0.3) is 0 Å². The van der Waals surface area contributed by atoms with Crippen molar-refractivity contribution in [1.82, 2.24) is 5.32 Å². The molecule has 1 unspecified atom stereocenters. The average Bonchev–Trinajstić information content (AvgIpc) is 2.09. The molecule has 0 spiro atoms. The third-order valence-electron chi connectivity index (χ3n) is 1.68. The van der Waals surface area contributed by atoms with E-state index in [1.165, 1.54) is 0 Å². The number of nitrogens with one attached hydrogen (secondary N) is 1. The number of carbonyl (C=O) groups is 1. The Hall–Kier alpha value is -0.450. The van der Waals surface area contributed by atoms with E-state index in [1.54, 1.807) is 6.92 Å². The molecule has 1 amide bonds. The minimum absolute atomic E-state index is 0.217. The number of hydrogen-bond acceptors (Lipinski definition) is 1.